The van der Waals surface area contributed by atoms with Gasteiger partial charge in [-0.2, -0.15) is 0 Å². The van der Waals surface area contributed by atoms with Gasteiger partial charge in [0.15, 0.2) is 6.10 Å². The van der Waals surface area contributed by atoms with Crippen LogP contribution in [0.2, 0.25) is 0 Å². The Kier molecular flexibility index (Phi) is 7.73. The summed E-state index contributed by atoms with van der Waals surface area (Å²) in [6.45, 7) is 7.21. The van der Waals surface area contributed by atoms with E-state index in [1.165, 1.54) is 38.3 Å². The molecule has 1 atom stereocenters. The molecule has 0 saturated heterocycles. The minimum atomic E-state index is -3.78. The van der Waals surface area contributed by atoms with Crippen molar-refractivity contribution in [3.8, 4) is 0 Å². The van der Waals surface area contributed by atoms with E-state index in [9.17, 15) is 18.0 Å². The van der Waals surface area contributed by atoms with Crippen LogP contribution < -0.4 is 10.0 Å². The summed E-state index contributed by atoms with van der Waals surface area (Å²) in [4.78, 5) is 24.0. The van der Waals surface area contributed by atoms with Gasteiger partial charge in [-0.15, -0.1) is 0 Å². The van der Waals surface area contributed by atoms with Gasteiger partial charge in [0.2, 0.25) is 10.0 Å². The van der Waals surface area contributed by atoms with E-state index in [4.69, 9.17) is 9.47 Å². The first kappa shape index (κ1) is 22.1. The van der Waals surface area contributed by atoms with Crippen molar-refractivity contribution in [2.75, 3.05) is 20.3 Å². The average Bonchev–Trinajstić information content (AvgIpc) is 2.52. The minimum Gasteiger partial charge on any atom is -0.449 e. The zero-order chi connectivity index (χ0) is 20.0. The predicted octanol–water partition coefficient (Wildman–Crippen LogP) is 1.07. The maximum atomic E-state index is 12.4. The lowest BCUT2D eigenvalue weighted by Gasteiger charge is -2.20. The topological polar surface area (TPSA) is 111 Å². The third-order valence-electron chi connectivity index (χ3n) is 3.08. The van der Waals surface area contributed by atoms with Gasteiger partial charge in [0.05, 0.1) is 17.1 Å². The molecule has 146 valence electrons. The minimum absolute atomic E-state index is 0.0401. The summed E-state index contributed by atoms with van der Waals surface area (Å²) in [7, 11) is -2.28. The Labute approximate surface area is 154 Å². The lowest BCUT2D eigenvalue weighted by Crippen LogP contribution is -2.40. The first-order valence-electron chi connectivity index (χ1n) is 8.08. The highest BCUT2D eigenvalue weighted by Gasteiger charge is 2.24. The Morgan fingerprint density at radius 3 is 2.46 bits per heavy atom. The van der Waals surface area contributed by atoms with Crippen molar-refractivity contribution in [3.05, 3.63) is 29.8 Å². The van der Waals surface area contributed by atoms with Crippen LogP contribution in [0.25, 0.3) is 0 Å². The molecule has 0 aliphatic heterocycles. The van der Waals surface area contributed by atoms with Crippen LogP contribution in [0.15, 0.2) is 29.2 Å². The number of hydrogen-bond acceptors (Lipinski definition) is 6. The van der Waals surface area contributed by atoms with Gasteiger partial charge in [-0.1, -0.05) is 6.07 Å². The summed E-state index contributed by atoms with van der Waals surface area (Å²) < 4.78 is 37.1. The number of nitrogens with one attached hydrogen (secondary N) is 2. The largest absolute Gasteiger partial charge is 0.449 e. The molecule has 2 N–H and O–H groups in total. The van der Waals surface area contributed by atoms with Crippen LogP contribution in [0.1, 0.15) is 38.1 Å². The molecular weight excluding hydrogens is 360 g/mol. The van der Waals surface area contributed by atoms with Crippen LogP contribution in [-0.4, -0.2) is 52.2 Å². The van der Waals surface area contributed by atoms with E-state index < -0.39 is 33.5 Å². The van der Waals surface area contributed by atoms with Gasteiger partial charge in [0, 0.05) is 19.2 Å². The lowest BCUT2D eigenvalue weighted by molar-refractivity contribution is -0.129. The molecule has 1 aromatic rings. The van der Waals surface area contributed by atoms with Crippen molar-refractivity contribution in [1.82, 2.24) is 10.0 Å². The smallest absolute Gasteiger partial charge is 0.338 e. The van der Waals surface area contributed by atoms with Crippen molar-refractivity contribution in [3.63, 3.8) is 0 Å². The second-order valence-electron chi connectivity index (χ2n) is 6.71. The van der Waals surface area contributed by atoms with E-state index in [0.29, 0.717) is 13.2 Å². The van der Waals surface area contributed by atoms with E-state index in [-0.39, 0.29) is 10.5 Å². The molecule has 0 fully saturated rings. The Morgan fingerprint density at radius 2 is 1.88 bits per heavy atom. The molecule has 0 aromatic heterocycles. The average molecular weight is 386 g/mol. The standard InChI is InChI=1S/C17H26N2O6S/c1-12(15(20)18-9-10-24-5)25-16(21)13-7-6-8-14(11-13)26(22,23)19-17(2,3)4/h6-8,11-12,19H,9-10H2,1-5H3,(H,18,20)/t12-/m0/s1. The van der Waals surface area contributed by atoms with Gasteiger partial charge in [-0.05, 0) is 45.9 Å². The zero-order valence-electron chi connectivity index (χ0n) is 15.7. The first-order valence-corrected chi connectivity index (χ1v) is 9.56. The molecule has 1 aromatic carbocycles. The molecule has 1 rings (SSSR count). The van der Waals surface area contributed by atoms with Gasteiger partial charge in [0.25, 0.3) is 5.91 Å². The number of carbonyl (C=O) groups excluding carboxylic acids is 2. The van der Waals surface area contributed by atoms with E-state index >= 15 is 0 Å². The molecule has 0 spiro atoms. The van der Waals surface area contributed by atoms with Crippen molar-refractivity contribution in [2.45, 2.75) is 44.2 Å². The Morgan fingerprint density at radius 1 is 1.23 bits per heavy atom. The summed E-state index contributed by atoms with van der Waals surface area (Å²) in [6.07, 6.45) is -1.02. The highest BCUT2D eigenvalue weighted by atomic mass is 32.2. The van der Waals surface area contributed by atoms with E-state index in [0.717, 1.165) is 0 Å². The molecule has 0 aliphatic rings. The summed E-state index contributed by atoms with van der Waals surface area (Å²) in [5.74, 6) is -1.25. The van der Waals surface area contributed by atoms with Gasteiger partial charge in [-0.25, -0.2) is 17.9 Å². The van der Waals surface area contributed by atoms with Crippen LogP contribution in [0.5, 0.6) is 0 Å². The molecule has 0 radical (unpaired) electrons. The number of methoxy groups -OCH3 is 1. The fraction of sp³-hybridized carbons (Fsp3) is 0.529. The number of ether oxygens (including phenoxy) is 2. The van der Waals surface area contributed by atoms with E-state index in [1.54, 1.807) is 20.8 Å². The third-order valence-corrected chi connectivity index (χ3v) is 4.83. The summed E-state index contributed by atoms with van der Waals surface area (Å²) in [6, 6.07) is 5.46. The van der Waals surface area contributed by atoms with Gasteiger partial charge >= 0.3 is 5.97 Å². The van der Waals surface area contributed by atoms with Crippen LogP contribution in [0.3, 0.4) is 0 Å². The van der Waals surface area contributed by atoms with Crippen LogP contribution in [-0.2, 0) is 24.3 Å². The number of carbonyl (C=O) groups is 2. The first-order chi connectivity index (χ1) is 12.0. The van der Waals surface area contributed by atoms with Crippen LogP contribution >= 0.6 is 0 Å². The molecule has 9 heteroatoms. The monoisotopic (exact) mass is 386 g/mol. The van der Waals surface area contributed by atoms with Crippen LogP contribution in [0, 0.1) is 0 Å². The number of hydrogen-bond donors (Lipinski definition) is 2. The van der Waals surface area contributed by atoms with Crippen molar-refractivity contribution >= 4 is 21.9 Å². The second-order valence-corrected chi connectivity index (χ2v) is 8.40. The number of esters is 1. The number of amides is 1. The van der Waals surface area contributed by atoms with Gasteiger partial charge in [0.1, 0.15) is 0 Å². The molecule has 26 heavy (non-hydrogen) atoms. The third kappa shape index (κ3) is 7.11. The normalized spacial score (nSPS) is 13.1. The van der Waals surface area contributed by atoms with Gasteiger partial charge in [-0.3, -0.25) is 4.79 Å². The molecule has 0 saturated carbocycles. The second kappa shape index (κ2) is 9.11. The molecule has 0 bridgehead atoms. The highest BCUT2D eigenvalue weighted by molar-refractivity contribution is 7.89. The fourth-order valence-electron chi connectivity index (χ4n) is 1.95. The van der Waals surface area contributed by atoms with Gasteiger partial charge < -0.3 is 14.8 Å². The zero-order valence-corrected chi connectivity index (χ0v) is 16.5. The van der Waals surface area contributed by atoms with Crippen molar-refractivity contribution in [2.24, 2.45) is 0 Å². The Balaban J connectivity index is 2.84. The molecule has 0 aliphatic carbocycles. The quantitative estimate of drug-likeness (QED) is 0.511. The van der Waals surface area contributed by atoms with Crippen LogP contribution in [0.4, 0.5) is 0 Å². The molecule has 1 amide bonds. The van der Waals surface area contributed by atoms with E-state index in [1.807, 2.05) is 0 Å². The number of sulfonamides is 1. The van der Waals surface area contributed by atoms with Crippen molar-refractivity contribution in [1.29, 1.82) is 0 Å². The summed E-state index contributed by atoms with van der Waals surface area (Å²) in [5, 5.41) is 2.55. The molecule has 8 nitrogen and oxygen atoms in total. The highest BCUT2D eigenvalue weighted by Crippen LogP contribution is 2.15. The maximum Gasteiger partial charge on any atom is 0.338 e. The van der Waals surface area contributed by atoms with E-state index in [2.05, 4.69) is 10.0 Å². The maximum absolute atomic E-state index is 12.4. The fourth-order valence-corrected chi connectivity index (χ4v) is 3.42. The summed E-state index contributed by atoms with van der Waals surface area (Å²) >= 11 is 0. The lowest BCUT2D eigenvalue weighted by atomic mass is 10.1. The Bertz CT molecular complexity index is 740. The number of rotatable bonds is 8. The number of benzene rings is 1. The Hall–Kier alpha value is -1.97. The molecule has 0 unspecified atom stereocenters. The predicted molar refractivity (Wildman–Crippen MR) is 96.3 cm³/mol. The summed E-state index contributed by atoms with van der Waals surface area (Å²) in [5.41, 5.74) is -0.622. The molecule has 0 heterocycles. The van der Waals surface area contributed by atoms with Crippen molar-refractivity contribution < 1.29 is 27.5 Å². The SMILES string of the molecule is COCCNC(=O)[C@H](C)OC(=O)c1cccc(S(=O)(=O)NC(C)(C)C)c1. The molecular formula is C17H26N2O6S.